The summed E-state index contributed by atoms with van der Waals surface area (Å²) >= 11 is 0. The highest BCUT2D eigenvalue weighted by molar-refractivity contribution is 5.91. The number of carbonyl (C=O) groups excluding carboxylic acids is 3. The number of hydrogen-bond donors (Lipinski definition) is 3. The van der Waals surface area contributed by atoms with Crippen molar-refractivity contribution in [3.8, 4) is 0 Å². The van der Waals surface area contributed by atoms with Crippen molar-refractivity contribution in [2.24, 2.45) is 5.73 Å². The van der Waals surface area contributed by atoms with Gasteiger partial charge in [0.15, 0.2) is 0 Å². The SMILES string of the molecule is CC(=O)N[C@@H](Cc1cccc(F)c1)C(=O)N[C@@H](Cc1ccc2ccccc2c1)C(N)=O. The summed E-state index contributed by atoms with van der Waals surface area (Å²) < 4.78 is 13.5. The van der Waals surface area contributed by atoms with Gasteiger partial charge in [-0.2, -0.15) is 0 Å². The van der Waals surface area contributed by atoms with Crippen molar-refractivity contribution in [2.45, 2.75) is 31.8 Å². The Hall–Kier alpha value is -3.74. The number of fused-ring (bicyclic) bond motifs is 1. The standard InChI is InChI=1S/C24H24FN3O3/c1-15(29)27-22(14-16-5-4-8-20(25)12-16)24(31)28-21(23(26)30)13-17-9-10-18-6-2-3-7-19(18)11-17/h2-12,21-22H,13-14H2,1H3,(H2,26,30)(H,27,29)(H,28,31)/t21-,22-/m0/s1. The molecule has 31 heavy (non-hydrogen) atoms. The van der Waals surface area contributed by atoms with Gasteiger partial charge in [0.1, 0.15) is 17.9 Å². The molecule has 3 aromatic rings. The van der Waals surface area contributed by atoms with E-state index in [4.69, 9.17) is 5.73 Å². The van der Waals surface area contributed by atoms with Gasteiger partial charge in [0.2, 0.25) is 17.7 Å². The molecular formula is C24H24FN3O3. The summed E-state index contributed by atoms with van der Waals surface area (Å²) in [4.78, 5) is 36.5. The summed E-state index contributed by atoms with van der Waals surface area (Å²) in [5, 5.41) is 7.26. The fourth-order valence-electron chi connectivity index (χ4n) is 3.45. The Bertz CT molecular complexity index is 1120. The molecule has 3 amide bonds. The molecule has 160 valence electrons. The van der Waals surface area contributed by atoms with Gasteiger partial charge < -0.3 is 16.4 Å². The Morgan fingerprint density at radius 1 is 0.839 bits per heavy atom. The van der Waals surface area contributed by atoms with Crippen molar-refractivity contribution < 1.29 is 18.8 Å². The number of nitrogens with one attached hydrogen (secondary N) is 2. The van der Waals surface area contributed by atoms with E-state index in [1.807, 2.05) is 42.5 Å². The second kappa shape index (κ2) is 9.84. The van der Waals surface area contributed by atoms with Gasteiger partial charge in [-0.1, -0.05) is 54.6 Å². The number of halogens is 1. The van der Waals surface area contributed by atoms with E-state index in [2.05, 4.69) is 10.6 Å². The highest BCUT2D eigenvalue weighted by Crippen LogP contribution is 2.17. The molecule has 0 saturated heterocycles. The zero-order valence-corrected chi connectivity index (χ0v) is 17.1. The fourth-order valence-corrected chi connectivity index (χ4v) is 3.45. The molecule has 3 rings (SSSR count). The smallest absolute Gasteiger partial charge is 0.243 e. The first-order valence-electron chi connectivity index (χ1n) is 9.91. The largest absolute Gasteiger partial charge is 0.368 e. The van der Waals surface area contributed by atoms with Crippen molar-refractivity contribution in [1.82, 2.24) is 10.6 Å². The van der Waals surface area contributed by atoms with E-state index in [-0.39, 0.29) is 12.8 Å². The molecule has 0 bridgehead atoms. The molecule has 0 radical (unpaired) electrons. The number of rotatable bonds is 8. The van der Waals surface area contributed by atoms with Crippen LogP contribution < -0.4 is 16.4 Å². The van der Waals surface area contributed by atoms with Crippen molar-refractivity contribution in [1.29, 1.82) is 0 Å². The van der Waals surface area contributed by atoms with Crippen LogP contribution >= 0.6 is 0 Å². The van der Waals surface area contributed by atoms with Crippen LogP contribution in [-0.2, 0) is 27.2 Å². The first-order chi connectivity index (χ1) is 14.8. The monoisotopic (exact) mass is 421 g/mol. The molecule has 0 heterocycles. The third kappa shape index (κ3) is 6.12. The number of primary amides is 1. The minimum Gasteiger partial charge on any atom is -0.368 e. The van der Waals surface area contributed by atoms with Crippen LogP contribution in [0.5, 0.6) is 0 Å². The minimum atomic E-state index is -0.974. The van der Waals surface area contributed by atoms with Crippen LogP contribution in [-0.4, -0.2) is 29.8 Å². The summed E-state index contributed by atoms with van der Waals surface area (Å²) in [6.45, 7) is 1.28. The van der Waals surface area contributed by atoms with E-state index in [1.54, 1.807) is 6.07 Å². The summed E-state index contributed by atoms with van der Waals surface area (Å²) in [5.74, 6) is -2.11. The molecule has 2 atom stereocenters. The molecule has 7 heteroatoms. The van der Waals surface area contributed by atoms with Crippen molar-refractivity contribution >= 4 is 28.5 Å². The van der Waals surface area contributed by atoms with Crippen LogP contribution in [0.1, 0.15) is 18.1 Å². The lowest BCUT2D eigenvalue weighted by Gasteiger charge is -2.22. The summed E-state index contributed by atoms with van der Waals surface area (Å²) in [6, 6.07) is 17.4. The Morgan fingerprint density at radius 3 is 2.19 bits per heavy atom. The predicted molar refractivity (Wildman–Crippen MR) is 116 cm³/mol. The lowest BCUT2D eigenvalue weighted by Crippen LogP contribution is -2.54. The second-order valence-corrected chi connectivity index (χ2v) is 7.44. The third-order valence-corrected chi connectivity index (χ3v) is 4.94. The minimum absolute atomic E-state index is 0.0740. The van der Waals surface area contributed by atoms with Gasteiger partial charge in [-0.25, -0.2) is 4.39 Å². The fraction of sp³-hybridized carbons (Fsp3) is 0.208. The molecule has 0 aliphatic rings. The van der Waals surface area contributed by atoms with Crippen LogP contribution in [0, 0.1) is 5.82 Å². The molecule has 0 saturated carbocycles. The summed E-state index contributed by atoms with van der Waals surface area (Å²) in [7, 11) is 0. The van der Waals surface area contributed by atoms with E-state index in [1.165, 1.54) is 25.1 Å². The normalized spacial score (nSPS) is 12.7. The molecular weight excluding hydrogens is 397 g/mol. The van der Waals surface area contributed by atoms with Gasteiger partial charge in [-0.15, -0.1) is 0 Å². The van der Waals surface area contributed by atoms with E-state index in [0.29, 0.717) is 5.56 Å². The summed E-state index contributed by atoms with van der Waals surface area (Å²) in [5.41, 5.74) is 6.91. The second-order valence-electron chi connectivity index (χ2n) is 7.44. The molecule has 0 unspecified atom stereocenters. The lowest BCUT2D eigenvalue weighted by atomic mass is 10.00. The van der Waals surface area contributed by atoms with Crippen LogP contribution in [0.4, 0.5) is 4.39 Å². The zero-order chi connectivity index (χ0) is 22.4. The van der Waals surface area contributed by atoms with Gasteiger partial charge in [-0.3, -0.25) is 14.4 Å². The van der Waals surface area contributed by atoms with Crippen LogP contribution in [0.3, 0.4) is 0 Å². The quantitative estimate of drug-likeness (QED) is 0.520. The molecule has 0 fully saturated rings. The number of amides is 3. The zero-order valence-electron chi connectivity index (χ0n) is 17.1. The molecule has 0 aromatic heterocycles. The van der Waals surface area contributed by atoms with E-state index in [0.717, 1.165) is 16.3 Å². The van der Waals surface area contributed by atoms with Crippen molar-refractivity contribution in [2.75, 3.05) is 0 Å². The Balaban J connectivity index is 1.75. The number of benzene rings is 3. The van der Waals surface area contributed by atoms with E-state index >= 15 is 0 Å². The van der Waals surface area contributed by atoms with Gasteiger partial charge in [-0.05, 0) is 34.0 Å². The molecule has 0 spiro atoms. The highest BCUT2D eigenvalue weighted by atomic mass is 19.1. The predicted octanol–water partition coefficient (Wildman–Crippen LogP) is 2.24. The highest BCUT2D eigenvalue weighted by Gasteiger charge is 2.25. The number of carbonyl (C=O) groups is 3. The number of hydrogen-bond acceptors (Lipinski definition) is 3. The molecule has 3 aromatic carbocycles. The van der Waals surface area contributed by atoms with Gasteiger partial charge >= 0.3 is 0 Å². The Labute approximate surface area is 179 Å². The molecule has 6 nitrogen and oxygen atoms in total. The Kier molecular flexibility index (Phi) is 6.97. The maximum Gasteiger partial charge on any atom is 0.243 e. The first kappa shape index (κ1) is 22.0. The van der Waals surface area contributed by atoms with Crippen LogP contribution in [0.25, 0.3) is 10.8 Å². The van der Waals surface area contributed by atoms with Crippen LogP contribution in [0.15, 0.2) is 66.7 Å². The Morgan fingerprint density at radius 2 is 1.52 bits per heavy atom. The average molecular weight is 421 g/mol. The molecule has 4 N–H and O–H groups in total. The van der Waals surface area contributed by atoms with Gasteiger partial charge in [0.25, 0.3) is 0 Å². The maximum atomic E-state index is 13.5. The maximum absolute atomic E-state index is 13.5. The van der Waals surface area contributed by atoms with Gasteiger partial charge in [0, 0.05) is 19.8 Å². The topological polar surface area (TPSA) is 101 Å². The average Bonchev–Trinajstić information content (AvgIpc) is 2.72. The summed E-state index contributed by atoms with van der Waals surface area (Å²) in [6.07, 6.45) is 0.281. The van der Waals surface area contributed by atoms with Crippen LogP contribution in [0.2, 0.25) is 0 Å². The molecule has 0 aliphatic carbocycles. The van der Waals surface area contributed by atoms with Gasteiger partial charge in [0.05, 0.1) is 0 Å². The molecule has 0 aliphatic heterocycles. The van der Waals surface area contributed by atoms with E-state index in [9.17, 15) is 18.8 Å². The first-order valence-corrected chi connectivity index (χ1v) is 9.91. The number of nitrogens with two attached hydrogens (primary N) is 1. The van der Waals surface area contributed by atoms with Crippen molar-refractivity contribution in [3.05, 3.63) is 83.7 Å². The lowest BCUT2D eigenvalue weighted by molar-refractivity contribution is -0.130. The van der Waals surface area contributed by atoms with Crippen molar-refractivity contribution in [3.63, 3.8) is 0 Å². The third-order valence-electron chi connectivity index (χ3n) is 4.94. The van der Waals surface area contributed by atoms with E-state index < -0.39 is 35.6 Å².